The quantitative estimate of drug-likeness (QED) is 0.117. The van der Waals surface area contributed by atoms with Gasteiger partial charge in [0.15, 0.2) is 0 Å². The van der Waals surface area contributed by atoms with Gasteiger partial charge in [-0.2, -0.15) is 5.01 Å². The van der Waals surface area contributed by atoms with Crippen molar-refractivity contribution in [1.29, 1.82) is 0 Å². The van der Waals surface area contributed by atoms with Gasteiger partial charge in [0, 0.05) is 29.5 Å². The van der Waals surface area contributed by atoms with E-state index in [1.807, 2.05) is 12.1 Å². The third kappa shape index (κ3) is 6.27. The third-order valence-corrected chi connectivity index (χ3v) is 11.5. The van der Waals surface area contributed by atoms with E-state index in [-0.39, 0.29) is 50.8 Å². The summed E-state index contributed by atoms with van der Waals surface area (Å²) in [6, 6.07) is 19.2. The molecular formula is C40H39ClFN3O8. The van der Waals surface area contributed by atoms with Gasteiger partial charge < -0.3 is 14.9 Å². The maximum atomic E-state index is 15.3. The summed E-state index contributed by atoms with van der Waals surface area (Å²) < 4.78 is 19.9. The molecule has 7 rings (SSSR count). The van der Waals surface area contributed by atoms with Crippen LogP contribution in [-0.4, -0.2) is 69.5 Å². The summed E-state index contributed by atoms with van der Waals surface area (Å²) in [4.78, 5) is 70.5. The number of imide groups is 2. The minimum Gasteiger partial charge on any atom is -0.491 e. The number of allylic oxidation sites excluding steroid dienone is 2. The second kappa shape index (κ2) is 14.7. The van der Waals surface area contributed by atoms with Gasteiger partial charge in [-0.1, -0.05) is 60.0 Å². The molecule has 0 spiro atoms. The number of hydrazine groups is 1. The second-order valence-electron chi connectivity index (χ2n) is 14.0. The second-order valence-corrected chi connectivity index (χ2v) is 14.5. The molecule has 4 amide bonds. The molecule has 2 heterocycles. The van der Waals surface area contributed by atoms with Gasteiger partial charge in [0.25, 0.3) is 11.8 Å². The lowest BCUT2D eigenvalue weighted by atomic mass is 9.49. The largest absolute Gasteiger partial charge is 0.491 e. The summed E-state index contributed by atoms with van der Waals surface area (Å²) in [5, 5.41) is 20.1. The molecule has 3 N–H and O–H groups in total. The molecule has 6 atom stereocenters. The van der Waals surface area contributed by atoms with Crippen LogP contribution in [0.1, 0.15) is 55.6 Å². The molecule has 3 aromatic carbocycles. The van der Waals surface area contributed by atoms with Crippen molar-refractivity contribution in [3.05, 3.63) is 106 Å². The molecule has 3 aromatic rings. The monoisotopic (exact) mass is 743 g/mol. The Labute approximate surface area is 310 Å². The Morgan fingerprint density at radius 3 is 2.38 bits per heavy atom. The average Bonchev–Trinajstić information content (AvgIpc) is 3.52. The van der Waals surface area contributed by atoms with Crippen LogP contribution >= 0.6 is 11.6 Å². The zero-order valence-electron chi connectivity index (χ0n) is 28.8. The van der Waals surface area contributed by atoms with Crippen molar-refractivity contribution in [3.63, 3.8) is 0 Å². The van der Waals surface area contributed by atoms with Crippen molar-refractivity contribution in [2.24, 2.45) is 23.7 Å². The Kier molecular flexibility index (Phi) is 10.1. The van der Waals surface area contributed by atoms with Crippen molar-refractivity contribution in [3.8, 4) is 5.75 Å². The zero-order chi connectivity index (χ0) is 37.4. The van der Waals surface area contributed by atoms with Crippen LogP contribution in [0.2, 0.25) is 5.02 Å². The van der Waals surface area contributed by atoms with Crippen LogP contribution in [0.3, 0.4) is 0 Å². The van der Waals surface area contributed by atoms with Crippen molar-refractivity contribution in [2.75, 3.05) is 25.2 Å². The topological polar surface area (TPSA) is 154 Å². The number of amides is 4. The lowest BCUT2D eigenvalue weighted by Gasteiger charge is -2.50. The van der Waals surface area contributed by atoms with E-state index in [2.05, 4.69) is 5.43 Å². The first-order valence-electron chi connectivity index (χ1n) is 17.8. The van der Waals surface area contributed by atoms with Gasteiger partial charge in [-0.15, -0.1) is 0 Å². The summed E-state index contributed by atoms with van der Waals surface area (Å²) >= 11 is 6.36. The van der Waals surface area contributed by atoms with E-state index in [9.17, 15) is 28.7 Å². The van der Waals surface area contributed by atoms with E-state index >= 15 is 4.79 Å². The number of hydrogen-bond acceptors (Lipinski definition) is 8. The number of halogens is 2. The normalized spacial score (nSPS) is 26.2. The number of aliphatic hydroxyl groups excluding tert-OH is 1. The number of unbranched alkanes of at least 4 members (excludes halogenated alkanes) is 2. The van der Waals surface area contributed by atoms with Crippen LogP contribution < -0.4 is 10.2 Å². The molecule has 6 unspecified atom stereocenters. The number of aliphatic hydroxyl groups is 1. The molecule has 11 nitrogen and oxygen atoms in total. The van der Waals surface area contributed by atoms with Crippen molar-refractivity contribution >= 4 is 46.9 Å². The minimum absolute atomic E-state index is 0.00389. The molecule has 3 fully saturated rings. The Morgan fingerprint density at radius 2 is 1.66 bits per heavy atom. The number of ether oxygens (including phenoxy) is 1. The molecule has 53 heavy (non-hydrogen) atoms. The Morgan fingerprint density at radius 1 is 0.925 bits per heavy atom. The fourth-order valence-corrected chi connectivity index (χ4v) is 9.14. The number of carbonyl (C=O) groups is 5. The number of fused-ring (bicyclic) bond motifs is 4. The highest BCUT2D eigenvalue weighted by Crippen LogP contribution is 2.65. The molecule has 0 bridgehead atoms. The molecule has 0 aromatic heterocycles. The lowest BCUT2D eigenvalue weighted by molar-refractivity contribution is -0.141. The number of carboxylic acid groups (broad SMARTS) is 1. The number of carboxylic acids is 1. The number of rotatable bonds is 13. The number of aliphatic carboxylic acids is 1. The maximum absolute atomic E-state index is 15.3. The summed E-state index contributed by atoms with van der Waals surface area (Å²) in [7, 11) is 0. The molecule has 2 aliphatic carbocycles. The predicted octanol–water partition coefficient (Wildman–Crippen LogP) is 5.48. The number of anilines is 1. The summed E-state index contributed by atoms with van der Waals surface area (Å²) in [6.45, 7) is -0.138. The molecule has 1 saturated carbocycles. The van der Waals surface area contributed by atoms with Gasteiger partial charge in [-0.3, -0.25) is 34.3 Å². The average molecular weight is 744 g/mol. The predicted molar refractivity (Wildman–Crippen MR) is 191 cm³/mol. The Bertz CT molecular complexity index is 1970. The summed E-state index contributed by atoms with van der Waals surface area (Å²) in [6.07, 6.45) is 3.72. The van der Waals surface area contributed by atoms with Crippen LogP contribution in [0.15, 0.2) is 84.4 Å². The summed E-state index contributed by atoms with van der Waals surface area (Å²) in [5.74, 6) is -6.62. The molecule has 4 aliphatic rings. The fraction of sp³-hybridized carbons (Fsp3) is 0.375. The highest BCUT2D eigenvalue weighted by Gasteiger charge is 2.70. The van der Waals surface area contributed by atoms with Crippen LogP contribution in [0, 0.1) is 29.5 Å². The third-order valence-electron chi connectivity index (χ3n) is 11.2. The smallest absolute Gasteiger partial charge is 0.303 e. The van der Waals surface area contributed by atoms with Crippen molar-refractivity contribution in [2.45, 2.75) is 49.9 Å². The van der Waals surface area contributed by atoms with E-state index in [0.717, 1.165) is 10.6 Å². The van der Waals surface area contributed by atoms with Gasteiger partial charge in [-0.25, -0.2) is 4.39 Å². The Hall–Kier alpha value is -5.07. The SMILES string of the molecule is O=C(O)CCCCCN1C(=O)C2CC=C3C(CC4C(=O)N(Nc5ccc(F)cc5)C(=O)C4(c4ccc(Cl)cc4)C3c3ccccc3OCCO)C2C1=O. The molecule has 2 saturated heterocycles. The van der Waals surface area contributed by atoms with Gasteiger partial charge in [0.05, 0.1) is 35.5 Å². The molecule has 0 radical (unpaired) electrons. The van der Waals surface area contributed by atoms with Crippen LogP contribution in [0.5, 0.6) is 5.75 Å². The molecular weight excluding hydrogens is 705 g/mol. The zero-order valence-corrected chi connectivity index (χ0v) is 29.5. The maximum Gasteiger partial charge on any atom is 0.303 e. The van der Waals surface area contributed by atoms with E-state index in [4.69, 9.17) is 21.4 Å². The van der Waals surface area contributed by atoms with Crippen molar-refractivity contribution < 1.29 is 43.3 Å². The lowest BCUT2D eigenvalue weighted by Crippen LogP contribution is -2.53. The van der Waals surface area contributed by atoms with Gasteiger partial charge >= 0.3 is 5.97 Å². The molecule has 2 aliphatic heterocycles. The van der Waals surface area contributed by atoms with Crippen molar-refractivity contribution in [1.82, 2.24) is 9.91 Å². The number of nitrogens with zero attached hydrogens (tertiary/aromatic N) is 2. The van der Waals surface area contributed by atoms with E-state index in [1.54, 1.807) is 42.5 Å². The molecule has 13 heteroatoms. The van der Waals surface area contributed by atoms with Crippen LogP contribution in [-0.2, 0) is 29.4 Å². The van der Waals surface area contributed by atoms with Gasteiger partial charge in [0.2, 0.25) is 11.8 Å². The number of para-hydroxylation sites is 1. The van der Waals surface area contributed by atoms with Gasteiger partial charge in [0.1, 0.15) is 18.2 Å². The van der Waals surface area contributed by atoms with Crippen LogP contribution in [0.25, 0.3) is 0 Å². The number of benzene rings is 3. The number of carbonyl (C=O) groups excluding carboxylic acids is 4. The first-order chi connectivity index (χ1) is 25.6. The van der Waals surface area contributed by atoms with E-state index < -0.39 is 58.6 Å². The minimum atomic E-state index is -1.57. The highest BCUT2D eigenvalue weighted by molar-refractivity contribution is 6.30. The number of likely N-dealkylation sites (tertiary alicyclic amines) is 1. The number of hydrogen-bond donors (Lipinski definition) is 3. The first kappa shape index (κ1) is 36.3. The van der Waals surface area contributed by atoms with Gasteiger partial charge in [-0.05, 0) is 79.6 Å². The molecule has 276 valence electrons. The van der Waals surface area contributed by atoms with E-state index in [1.165, 1.54) is 29.2 Å². The Balaban J connectivity index is 1.36. The summed E-state index contributed by atoms with van der Waals surface area (Å²) in [5.41, 5.74) is 3.52. The fourth-order valence-electron chi connectivity index (χ4n) is 9.01. The van der Waals surface area contributed by atoms with Crippen LogP contribution in [0.4, 0.5) is 10.1 Å². The van der Waals surface area contributed by atoms with E-state index in [0.29, 0.717) is 46.8 Å². The highest BCUT2D eigenvalue weighted by atomic mass is 35.5. The first-order valence-corrected chi connectivity index (χ1v) is 18.2. The standard InChI is InChI=1S/C40H39ClFN3O8/c41-24-11-9-23(10-12-24)40-31(37(50)45(39(40)52)43-26-15-13-25(42)14-16-26)22-30-27(35(40)28-6-3-4-7-32(28)53-21-20-46)17-18-29-34(30)38(51)44(36(29)49)19-5-1-2-8-33(47)48/h3-4,6-7,9-17,29-31,34-35,43,46H,1-2,5,8,18-22H2,(H,47,48). The number of nitrogens with one attached hydrogen (secondary N) is 1.